The van der Waals surface area contributed by atoms with Crippen LogP contribution in [0.4, 0.5) is 4.39 Å². The monoisotopic (exact) mass is 348 g/mol. The highest BCUT2D eigenvalue weighted by atomic mass is 19.1. The van der Waals surface area contributed by atoms with Gasteiger partial charge in [0.1, 0.15) is 11.6 Å². The van der Waals surface area contributed by atoms with Crippen molar-refractivity contribution in [3.63, 3.8) is 0 Å². The molecule has 1 heterocycles. The summed E-state index contributed by atoms with van der Waals surface area (Å²) < 4.78 is 21.9. The van der Waals surface area contributed by atoms with Gasteiger partial charge in [0.25, 0.3) is 0 Å². The largest absolute Gasteiger partial charge is 0.495 e. The number of fused-ring (bicyclic) bond motifs is 1. The van der Waals surface area contributed by atoms with Gasteiger partial charge in [-0.15, -0.1) is 0 Å². The Morgan fingerprint density at radius 1 is 1.44 bits per heavy atom. The second kappa shape index (κ2) is 7.38. The molecule has 6 nitrogen and oxygen atoms in total. The fourth-order valence-corrected chi connectivity index (χ4v) is 2.80. The maximum atomic E-state index is 14.7. The summed E-state index contributed by atoms with van der Waals surface area (Å²) in [5.41, 5.74) is 1.33. The second-order valence-corrected chi connectivity index (χ2v) is 5.63. The van der Waals surface area contributed by atoms with E-state index < -0.39 is 11.8 Å². The molecule has 1 amide bonds. The third-order valence-electron chi connectivity index (χ3n) is 4.04. The molecule has 25 heavy (non-hydrogen) atoms. The van der Waals surface area contributed by atoms with Crippen LogP contribution >= 0.6 is 0 Å². The number of rotatable bonds is 6. The van der Waals surface area contributed by atoms with Crippen molar-refractivity contribution in [3.05, 3.63) is 34.8 Å². The Hall–Kier alpha value is -2.83. The van der Waals surface area contributed by atoms with Gasteiger partial charge >= 0.3 is 5.97 Å². The van der Waals surface area contributed by atoms with E-state index in [1.54, 1.807) is 10.8 Å². The van der Waals surface area contributed by atoms with E-state index in [-0.39, 0.29) is 17.9 Å². The lowest BCUT2D eigenvalue weighted by molar-refractivity contribution is -0.132. The molecule has 0 fully saturated rings. The molecule has 0 aliphatic rings. The Morgan fingerprint density at radius 3 is 2.64 bits per heavy atom. The lowest BCUT2D eigenvalue weighted by Crippen LogP contribution is -2.19. The van der Waals surface area contributed by atoms with Gasteiger partial charge in [0.15, 0.2) is 0 Å². The van der Waals surface area contributed by atoms with Crippen molar-refractivity contribution in [3.8, 4) is 5.75 Å². The minimum atomic E-state index is -1.10. The summed E-state index contributed by atoms with van der Waals surface area (Å²) in [6.45, 7) is 3.82. The van der Waals surface area contributed by atoms with E-state index in [0.717, 1.165) is 0 Å². The topological polar surface area (TPSA) is 80.6 Å². The molecular weight excluding hydrogens is 327 g/mol. The number of hydrogen-bond donors (Lipinski definition) is 2. The Kier molecular flexibility index (Phi) is 5.46. The number of likely N-dealkylation sites (N-methyl/N-ethyl adjacent to an activating group) is 1. The van der Waals surface area contributed by atoms with Gasteiger partial charge in [-0.1, -0.05) is 0 Å². The number of carbonyl (C=O) groups excluding carboxylic acids is 1. The first-order valence-corrected chi connectivity index (χ1v) is 7.84. The average molecular weight is 348 g/mol. The summed E-state index contributed by atoms with van der Waals surface area (Å²) in [7, 11) is 2.97. The first-order valence-electron chi connectivity index (χ1n) is 7.84. The van der Waals surface area contributed by atoms with E-state index in [1.165, 1.54) is 33.2 Å². The molecule has 0 radical (unpaired) electrons. The maximum absolute atomic E-state index is 14.7. The molecule has 0 bridgehead atoms. The number of nitrogens with zero attached hydrogens (tertiary/aromatic N) is 1. The zero-order valence-corrected chi connectivity index (χ0v) is 14.6. The molecule has 7 heteroatoms. The van der Waals surface area contributed by atoms with Gasteiger partial charge in [-0.3, -0.25) is 4.79 Å². The van der Waals surface area contributed by atoms with E-state index in [9.17, 15) is 14.0 Å². The van der Waals surface area contributed by atoms with Crippen LogP contribution in [0.15, 0.2) is 17.8 Å². The third kappa shape index (κ3) is 3.50. The van der Waals surface area contributed by atoms with Crippen LogP contribution in [0.25, 0.3) is 17.0 Å². The molecule has 1 aromatic carbocycles. The number of carbonyl (C=O) groups is 2. The number of amides is 1. The van der Waals surface area contributed by atoms with Gasteiger partial charge in [0.05, 0.1) is 19.0 Å². The number of aromatic nitrogens is 1. The fraction of sp³-hybridized carbons (Fsp3) is 0.333. The van der Waals surface area contributed by atoms with E-state index in [2.05, 4.69) is 5.32 Å². The van der Waals surface area contributed by atoms with Crippen LogP contribution in [0, 0.1) is 5.82 Å². The Balaban J connectivity index is 2.83. The number of nitrogens with one attached hydrogen (secondary N) is 1. The number of aliphatic carboxylic acids is 1. The van der Waals surface area contributed by atoms with Gasteiger partial charge in [-0.05, 0) is 31.6 Å². The molecule has 0 atom stereocenters. The van der Waals surface area contributed by atoms with Crippen LogP contribution in [0.1, 0.15) is 25.0 Å². The second-order valence-electron chi connectivity index (χ2n) is 5.63. The number of benzene rings is 1. The molecule has 0 aliphatic carbocycles. The minimum Gasteiger partial charge on any atom is -0.495 e. The van der Waals surface area contributed by atoms with E-state index in [0.29, 0.717) is 34.3 Å². The van der Waals surface area contributed by atoms with Crippen LogP contribution in [0.3, 0.4) is 0 Å². The molecule has 134 valence electrons. The molecular formula is C18H21FN2O4. The molecule has 0 unspecified atom stereocenters. The fourth-order valence-electron chi connectivity index (χ4n) is 2.80. The molecule has 0 aliphatic heterocycles. The smallest absolute Gasteiger partial charge is 0.331 e. The summed E-state index contributed by atoms with van der Waals surface area (Å²) >= 11 is 0. The van der Waals surface area contributed by atoms with Crippen molar-refractivity contribution in [2.45, 2.75) is 26.8 Å². The van der Waals surface area contributed by atoms with Crippen LogP contribution in [-0.2, 0) is 22.6 Å². The molecule has 2 rings (SSSR count). The lowest BCUT2D eigenvalue weighted by Gasteiger charge is -2.11. The third-order valence-corrected chi connectivity index (χ3v) is 4.04. The highest BCUT2D eigenvalue weighted by molar-refractivity contribution is 5.98. The summed E-state index contributed by atoms with van der Waals surface area (Å²) in [5.74, 6) is -1.45. The number of hydrogen-bond acceptors (Lipinski definition) is 3. The van der Waals surface area contributed by atoms with Crippen molar-refractivity contribution in [2.24, 2.45) is 0 Å². The van der Waals surface area contributed by atoms with Crippen LogP contribution in [0.2, 0.25) is 0 Å². The number of carboxylic acids is 1. The summed E-state index contributed by atoms with van der Waals surface area (Å²) in [4.78, 5) is 22.9. The summed E-state index contributed by atoms with van der Waals surface area (Å²) in [6, 6.07) is 1.25. The molecule has 0 spiro atoms. The van der Waals surface area contributed by atoms with Crippen LogP contribution < -0.4 is 10.1 Å². The molecule has 0 saturated carbocycles. The number of ether oxygens (including phenoxy) is 1. The quantitative estimate of drug-likeness (QED) is 0.787. The summed E-state index contributed by atoms with van der Waals surface area (Å²) in [5, 5.41) is 12.1. The standard InChI is InChI=1S/C18H21FN2O4/c1-5-21-9-12(8-14(22)20-3)15-16(21)13(19)7-11(17(15)25-4)6-10(2)18(23)24/h6-7,9H,5,8H2,1-4H3,(H,20,22)(H,23,24)/b10-6+. The number of methoxy groups -OCH3 is 1. The lowest BCUT2D eigenvalue weighted by atomic mass is 10.0. The van der Waals surface area contributed by atoms with Gasteiger partial charge in [-0.25, -0.2) is 9.18 Å². The Morgan fingerprint density at radius 2 is 2.12 bits per heavy atom. The van der Waals surface area contributed by atoms with Gasteiger partial charge in [0, 0.05) is 36.3 Å². The van der Waals surface area contributed by atoms with E-state index in [4.69, 9.17) is 9.84 Å². The van der Waals surface area contributed by atoms with Crippen molar-refractivity contribution in [1.82, 2.24) is 9.88 Å². The van der Waals surface area contributed by atoms with Crippen LogP contribution in [-0.4, -0.2) is 35.7 Å². The highest BCUT2D eigenvalue weighted by Gasteiger charge is 2.21. The van der Waals surface area contributed by atoms with E-state index >= 15 is 0 Å². The number of carboxylic acid groups (broad SMARTS) is 1. The minimum absolute atomic E-state index is 0.0554. The molecule has 0 saturated heterocycles. The zero-order chi connectivity index (χ0) is 18.7. The van der Waals surface area contributed by atoms with Gasteiger partial charge < -0.3 is 19.7 Å². The summed E-state index contributed by atoms with van der Waals surface area (Å²) in [6.07, 6.45) is 3.15. The number of aryl methyl sites for hydroxylation is 1. The maximum Gasteiger partial charge on any atom is 0.331 e. The van der Waals surface area contributed by atoms with E-state index in [1.807, 2.05) is 6.92 Å². The highest BCUT2D eigenvalue weighted by Crippen LogP contribution is 2.37. The predicted octanol–water partition coefficient (Wildman–Crippen LogP) is 2.59. The van der Waals surface area contributed by atoms with Crippen LogP contribution in [0.5, 0.6) is 5.75 Å². The first-order chi connectivity index (χ1) is 11.8. The molecule has 2 aromatic rings. The normalized spacial score (nSPS) is 11.6. The Labute approximate surface area is 144 Å². The van der Waals surface area contributed by atoms with Crippen molar-refractivity contribution >= 4 is 28.9 Å². The van der Waals surface area contributed by atoms with Gasteiger partial charge in [-0.2, -0.15) is 0 Å². The van der Waals surface area contributed by atoms with Gasteiger partial charge in [0.2, 0.25) is 5.91 Å². The molecule has 1 aromatic heterocycles. The first kappa shape index (κ1) is 18.5. The van der Waals surface area contributed by atoms with Crippen molar-refractivity contribution in [1.29, 1.82) is 0 Å². The molecule has 2 N–H and O–H groups in total. The zero-order valence-electron chi connectivity index (χ0n) is 14.6. The average Bonchev–Trinajstić information content (AvgIpc) is 2.94. The van der Waals surface area contributed by atoms with Crippen molar-refractivity contribution in [2.75, 3.05) is 14.2 Å². The SMILES string of the molecule is CCn1cc(CC(=O)NC)c2c(OC)c(/C=C(\C)C(=O)O)cc(F)c21. The van der Waals surface area contributed by atoms with Crippen molar-refractivity contribution < 1.29 is 23.8 Å². The predicted molar refractivity (Wildman–Crippen MR) is 93.2 cm³/mol. The number of halogens is 1. The Bertz CT molecular complexity index is 868.